The minimum Gasteiger partial charge on any atom is -0.322 e. The summed E-state index contributed by atoms with van der Waals surface area (Å²) in [5.41, 5.74) is 5.73. The molecule has 0 aliphatic heterocycles. The van der Waals surface area contributed by atoms with Crippen LogP contribution < -0.4 is 5.73 Å². The monoisotopic (exact) mass is 193 g/mol. The van der Waals surface area contributed by atoms with E-state index in [1.807, 2.05) is 0 Å². The molecule has 0 unspecified atom stereocenters. The second kappa shape index (κ2) is 3.37. The van der Waals surface area contributed by atoms with Gasteiger partial charge in [0.2, 0.25) is 0 Å². The molecule has 1 aromatic rings. The van der Waals surface area contributed by atoms with Crippen molar-refractivity contribution in [2.45, 2.75) is 18.6 Å². The Kier molecular flexibility index (Phi) is 2.60. The topological polar surface area (TPSA) is 43.8 Å². The van der Waals surface area contributed by atoms with Crippen molar-refractivity contribution in [3.63, 3.8) is 0 Å². The standard InChI is InChI=1S/C7H10F3N3/c1-13-6(2-3-12-13)5(11)4-7(8,9)10/h2-3,5H,4,11H2,1H3/t5-/m1/s1. The molecule has 1 heterocycles. The summed E-state index contributed by atoms with van der Waals surface area (Å²) in [5.74, 6) is 0. The highest BCUT2D eigenvalue weighted by atomic mass is 19.4. The lowest BCUT2D eigenvalue weighted by Crippen LogP contribution is -2.22. The van der Waals surface area contributed by atoms with Gasteiger partial charge < -0.3 is 5.73 Å². The van der Waals surface area contributed by atoms with Gasteiger partial charge in [0.1, 0.15) is 0 Å². The lowest BCUT2D eigenvalue weighted by Gasteiger charge is -2.13. The third-order valence-corrected chi connectivity index (χ3v) is 1.69. The van der Waals surface area contributed by atoms with Crippen molar-refractivity contribution >= 4 is 0 Å². The van der Waals surface area contributed by atoms with Crippen molar-refractivity contribution in [2.24, 2.45) is 12.8 Å². The zero-order chi connectivity index (χ0) is 10.1. The van der Waals surface area contributed by atoms with Gasteiger partial charge in [-0.2, -0.15) is 18.3 Å². The van der Waals surface area contributed by atoms with Crippen LogP contribution in [0.25, 0.3) is 0 Å². The van der Waals surface area contributed by atoms with Gasteiger partial charge in [-0.25, -0.2) is 0 Å². The predicted octanol–water partition coefficient (Wildman–Crippen LogP) is 1.37. The largest absolute Gasteiger partial charge is 0.390 e. The van der Waals surface area contributed by atoms with Crippen LogP contribution in [0.5, 0.6) is 0 Å². The number of hydrogen-bond donors (Lipinski definition) is 1. The molecule has 2 N–H and O–H groups in total. The molecule has 6 heteroatoms. The summed E-state index contributed by atoms with van der Waals surface area (Å²) in [5, 5.41) is 3.74. The fraction of sp³-hybridized carbons (Fsp3) is 0.571. The van der Waals surface area contributed by atoms with Crippen molar-refractivity contribution in [1.29, 1.82) is 0 Å². The number of halogens is 3. The molecule has 0 saturated carbocycles. The molecular formula is C7H10F3N3. The van der Waals surface area contributed by atoms with E-state index in [1.54, 1.807) is 7.05 Å². The number of rotatable bonds is 2. The molecule has 3 nitrogen and oxygen atoms in total. The molecule has 13 heavy (non-hydrogen) atoms. The summed E-state index contributed by atoms with van der Waals surface area (Å²) >= 11 is 0. The number of alkyl halides is 3. The Labute approximate surface area is 73.3 Å². The molecule has 0 aromatic carbocycles. The molecule has 0 spiro atoms. The Balaban J connectivity index is 2.69. The van der Waals surface area contributed by atoms with Gasteiger partial charge in [0.25, 0.3) is 0 Å². The first-order valence-electron chi connectivity index (χ1n) is 3.70. The fourth-order valence-corrected chi connectivity index (χ4v) is 1.10. The Bertz CT molecular complexity index is 279. The normalized spacial score (nSPS) is 14.5. The minimum absolute atomic E-state index is 0.386. The number of nitrogens with two attached hydrogens (primary N) is 1. The van der Waals surface area contributed by atoms with Crippen LogP contribution in [0.4, 0.5) is 13.2 Å². The molecule has 1 atom stereocenters. The van der Waals surface area contributed by atoms with Crippen LogP contribution >= 0.6 is 0 Å². The number of nitrogens with zero attached hydrogens (tertiary/aromatic N) is 2. The van der Waals surface area contributed by atoms with Crippen LogP contribution in [0.2, 0.25) is 0 Å². The van der Waals surface area contributed by atoms with Gasteiger partial charge in [0.15, 0.2) is 0 Å². The van der Waals surface area contributed by atoms with Crippen molar-refractivity contribution in [1.82, 2.24) is 9.78 Å². The maximum atomic E-state index is 11.9. The highest BCUT2D eigenvalue weighted by molar-refractivity contribution is 5.05. The van der Waals surface area contributed by atoms with Gasteiger partial charge in [-0.05, 0) is 6.07 Å². The van der Waals surface area contributed by atoms with E-state index in [4.69, 9.17) is 5.73 Å². The Morgan fingerprint density at radius 3 is 2.62 bits per heavy atom. The van der Waals surface area contributed by atoms with Gasteiger partial charge in [-0.1, -0.05) is 0 Å². The second-order valence-corrected chi connectivity index (χ2v) is 2.81. The van der Waals surface area contributed by atoms with Crippen LogP contribution in [0.1, 0.15) is 18.2 Å². The highest BCUT2D eigenvalue weighted by Crippen LogP contribution is 2.27. The lowest BCUT2D eigenvalue weighted by molar-refractivity contribution is -0.138. The van der Waals surface area contributed by atoms with Crippen LogP contribution in [0.3, 0.4) is 0 Å². The first-order chi connectivity index (χ1) is 5.90. The summed E-state index contributed by atoms with van der Waals surface area (Å²) < 4.78 is 37.1. The van der Waals surface area contributed by atoms with Gasteiger partial charge in [0, 0.05) is 13.2 Å². The molecular weight excluding hydrogens is 183 g/mol. The molecule has 0 fully saturated rings. The predicted molar refractivity (Wildman–Crippen MR) is 40.8 cm³/mol. The average molecular weight is 193 g/mol. The summed E-state index contributed by atoms with van der Waals surface area (Å²) in [4.78, 5) is 0. The molecule has 0 amide bonds. The van der Waals surface area contributed by atoms with E-state index < -0.39 is 18.6 Å². The molecule has 0 bridgehead atoms. The Morgan fingerprint density at radius 1 is 1.62 bits per heavy atom. The van der Waals surface area contributed by atoms with Crippen molar-refractivity contribution in [3.8, 4) is 0 Å². The molecule has 0 saturated heterocycles. The second-order valence-electron chi connectivity index (χ2n) is 2.81. The number of hydrogen-bond acceptors (Lipinski definition) is 2. The minimum atomic E-state index is -4.23. The van der Waals surface area contributed by atoms with Gasteiger partial charge in [0.05, 0.1) is 18.2 Å². The Hall–Kier alpha value is -1.04. The van der Waals surface area contributed by atoms with Crippen molar-refractivity contribution < 1.29 is 13.2 Å². The first-order valence-corrected chi connectivity index (χ1v) is 3.70. The molecule has 1 aromatic heterocycles. The fourth-order valence-electron chi connectivity index (χ4n) is 1.10. The summed E-state index contributed by atoms with van der Waals surface area (Å²) in [6.07, 6.45) is -3.83. The Morgan fingerprint density at radius 2 is 2.23 bits per heavy atom. The van der Waals surface area contributed by atoms with Crippen LogP contribution in [0, 0.1) is 0 Å². The SMILES string of the molecule is Cn1nccc1[C@H](N)CC(F)(F)F. The maximum Gasteiger partial charge on any atom is 0.390 e. The van der Waals surface area contributed by atoms with E-state index in [-0.39, 0.29) is 0 Å². The zero-order valence-electron chi connectivity index (χ0n) is 7.04. The van der Waals surface area contributed by atoms with Crippen molar-refractivity contribution in [2.75, 3.05) is 0 Å². The van der Waals surface area contributed by atoms with Gasteiger partial charge >= 0.3 is 6.18 Å². The number of aryl methyl sites for hydroxylation is 1. The van der Waals surface area contributed by atoms with Gasteiger partial charge in [-0.15, -0.1) is 0 Å². The van der Waals surface area contributed by atoms with Crippen LogP contribution in [0.15, 0.2) is 12.3 Å². The van der Waals surface area contributed by atoms with Gasteiger partial charge in [-0.3, -0.25) is 4.68 Å². The summed E-state index contributed by atoms with van der Waals surface area (Å²) in [7, 11) is 1.56. The summed E-state index contributed by atoms with van der Waals surface area (Å²) in [6, 6.07) is 0.448. The van der Waals surface area contributed by atoms with Crippen LogP contribution in [-0.2, 0) is 7.05 Å². The van der Waals surface area contributed by atoms with E-state index in [0.29, 0.717) is 5.69 Å². The molecule has 0 aliphatic rings. The van der Waals surface area contributed by atoms with E-state index in [0.717, 1.165) is 0 Å². The third-order valence-electron chi connectivity index (χ3n) is 1.69. The number of aromatic nitrogens is 2. The smallest absolute Gasteiger partial charge is 0.322 e. The average Bonchev–Trinajstić information content (AvgIpc) is 2.30. The summed E-state index contributed by atoms with van der Waals surface area (Å²) in [6.45, 7) is 0. The molecule has 0 radical (unpaired) electrons. The van der Waals surface area contributed by atoms with E-state index in [2.05, 4.69) is 5.10 Å². The maximum absolute atomic E-state index is 11.9. The quantitative estimate of drug-likeness (QED) is 0.770. The van der Waals surface area contributed by atoms with Crippen molar-refractivity contribution in [3.05, 3.63) is 18.0 Å². The van der Waals surface area contributed by atoms with Crippen LogP contribution in [-0.4, -0.2) is 16.0 Å². The molecule has 1 rings (SSSR count). The van der Waals surface area contributed by atoms with E-state index in [9.17, 15) is 13.2 Å². The molecule has 0 aliphatic carbocycles. The molecule has 74 valence electrons. The van der Waals surface area contributed by atoms with E-state index >= 15 is 0 Å². The third kappa shape index (κ3) is 2.73. The zero-order valence-corrected chi connectivity index (χ0v) is 7.04. The first kappa shape index (κ1) is 10.0. The highest BCUT2D eigenvalue weighted by Gasteiger charge is 2.31. The lowest BCUT2D eigenvalue weighted by atomic mass is 10.1. The van der Waals surface area contributed by atoms with E-state index in [1.165, 1.54) is 16.9 Å².